The van der Waals surface area contributed by atoms with Gasteiger partial charge in [-0.2, -0.15) is 5.10 Å². The summed E-state index contributed by atoms with van der Waals surface area (Å²) in [6, 6.07) is 12.2. The molecule has 5 nitrogen and oxygen atoms in total. The van der Waals surface area contributed by atoms with Gasteiger partial charge in [0, 0.05) is 31.3 Å². The average Bonchev–Trinajstić information content (AvgIpc) is 2.97. The number of piperidine rings is 1. The molecule has 0 atom stereocenters. The molecule has 3 heterocycles. The highest BCUT2D eigenvalue weighted by Crippen LogP contribution is 2.24. The van der Waals surface area contributed by atoms with Crippen LogP contribution in [-0.2, 0) is 0 Å². The van der Waals surface area contributed by atoms with Gasteiger partial charge in [-0.25, -0.2) is 4.98 Å². The third-order valence-electron chi connectivity index (χ3n) is 4.44. The second-order valence-electron chi connectivity index (χ2n) is 6.01. The van der Waals surface area contributed by atoms with Crippen LogP contribution in [0.15, 0.2) is 42.6 Å². The standard InChI is InChI=1S/C18H20N4O/c1-13-16-11-18(19-12-17(16)21-20-13)22-9-7-15(8-10-22)23-14-5-3-2-4-6-14/h2-6,11-12,15H,7-10H2,1H3,(H,20,21). The van der Waals surface area contributed by atoms with Gasteiger partial charge >= 0.3 is 0 Å². The normalized spacial score (nSPS) is 16.0. The molecule has 1 aliphatic heterocycles. The van der Waals surface area contributed by atoms with Crippen LogP contribution in [-0.4, -0.2) is 34.4 Å². The zero-order valence-electron chi connectivity index (χ0n) is 13.2. The molecule has 3 aromatic rings. The highest BCUT2D eigenvalue weighted by molar-refractivity contribution is 5.82. The predicted molar refractivity (Wildman–Crippen MR) is 90.9 cm³/mol. The first kappa shape index (κ1) is 14.1. The van der Waals surface area contributed by atoms with Crippen molar-refractivity contribution in [2.24, 2.45) is 0 Å². The molecule has 4 rings (SSSR count). The number of nitrogens with one attached hydrogen (secondary N) is 1. The number of anilines is 1. The van der Waals surface area contributed by atoms with Crippen molar-refractivity contribution in [2.45, 2.75) is 25.9 Å². The van der Waals surface area contributed by atoms with Crippen LogP contribution >= 0.6 is 0 Å². The van der Waals surface area contributed by atoms with Crippen LogP contribution in [0.4, 0.5) is 5.82 Å². The molecule has 1 N–H and O–H groups in total. The molecular weight excluding hydrogens is 288 g/mol. The smallest absolute Gasteiger partial charge is 0.129 e. The Bertz CT molecular complexity index is 791. The van der Waals surface area contributed by atoms with E-state index in [1.165, 1.54) is 0 Å². The third kappa shape index (κ3) is 2.86. The minimum Gasteiger partial charge on any atom is -0.490 e. The number of hydrogen-bond donors (Lipinski definition) is 1. The van der Waals surface area contributed by atoms with Gasteiger partial charge in [0.05, 0.1) is 17.4 Å². The van der Waals surface area contributed by atoms with Crippen molar-refractivity contribution in [3.8, 4) is 5.75 Å². The lowest BCUT2D eigenvalue weighted by molar-refractivity contribution is 0.170. The van der Waals surface area contributed by atoms with E-state index < -0.39 is 0 Å². The molecule has 2 aromatic heterocycles. The summed E-state index contributed by atoms with van der Waals surface area (Å²) in [5, 5.41) is 8.39. The Morgan fingerprint density at radius 3 is 2.74 bits per heavy atom. The van der Waals surface area contributed by atoms with Gasteiger partial charge in [-0.05, 0) is 25.1 Å². The van der Waals surface area contributed by atoms with Gasteiger partial charge in [0.2, 0.25) is 0 Å². The second-order valence-corrected chi connectivity index (χ2v) is 6.01. The van der Waals surface area contributed by atoms with Crippen molar-refractivity contribution in [1.82, 2.24) is 15.2 Å². The Labute approximate surface area is 135 Å². The molecule has 0 radical (unpaired) electrons. The summed E-state index contributed by atoms with van der Waals surface area (Å²) in [6.45, 7) is 3.95. The van der Waals surface area contributed by atoms with Crippen molar-refractivity contribution < 1.29 is 4.74 Å². The summed E-state index contributed by atoms with van der Waals surface area (Å²) in [5.41, 5.74) is 2.01. The molecular formula is C18H20N4O. The average molecular weight is 308 g/mol. The lowest BCUT2D eigenvalue weighted by Gasteiger charge is -2.33. The van der Waals surface area contributed by atoms with Crippen LogP contribution in [0.25, 0.3) is 10.9 Å². The molecule has 0 amide bonds. The molecule has 5 heteroatoms. The second kappa shape index (κ2) is 5.91. The van der Waals surface area contributed by atoms with Gasteiger partial charge in [0.1, 0.15) is 17.7 Å². The first-order valence-electron chi connectivity index (χ1n) is 8.07. The van der Waals surface area contributed by atoms with Crippen molar-refractivity contribution in [1.29, 1.82) is 0 Å². The van der Waals surface area contributed by atoms with E-state index in [1.54, 1.807) is 0 Å². The van der Waals surface area contributed by atoms with Gasteiger partial charge in [-0.15, -0.1) is 0 Å². The fraction of sp³-hybridized carbons (Fsp3) is 0.333. The van der Waals surface area contributed by atoms with Crippen LogP contribution in [0.5, 0.6) is 5.75 Å². The molecule has 0 aliphatic carbocycles. The summed E-state index contributed by atoms with van der Waals surface area (Å²) in [6.07, 6.45) is 4.18. The minimum atomic E-state index is 0.285. The summed E-state index contributed by atoms with van der Waals surface area (Å²) in [5.74, 6) is 1.99. The Kier molecular flexibility index (Phi) is 3.61. The van der Waals surface area contributed by atoms with Gasteiger partial charge < -0.3 is 9.64 Å². The largest absolute Gasteiger partial charge is 0.490 e. The Balaban J connectivity index is 1.43. The molecule has 1 aliphatic rings. The number of pyridine rings is 1. The number of hydrogen-bond acceptors (Lipinski definition) is 4. The quantitative estimate of drug-likeness (QED) is 0.806. The molecule has 118 valence electrons. The van der Waals surface area contributed by atoms with Crippen LogP contribution in [0.1, 0.15) is 18.5 Å². The lowest BCUT2D eigenvalue weighted by Crippen LogP contribution is -2.38. The Morgan fingerprint density at radius 2 is 1.96 bits per heavy atom. The van der Waals surface area contributed by atoms with Crippen LogP contribution in [0.3, 0.4) is 0 Å². The Morgan fingerprint density at radius 1 is 1.17 bits per heavy atom. The number of H-pyrrole nitrogens is 1. The molecule has 1 aromatic carbocycles. The van der Waals surface area contributed by atoms with Crippen LogP contribution < -0.4 is 9.64 Å². The molecule has 0 spiro atoms. The fourth-order valence-electron chi connectivity index (χ4n) is 3.10. The van der Waals surface area contributed by atoms with Gasteiger partial charge in [-0.3, -0.25) is 5.10 Å². The highest BCUT2D eigenvalue weighted by Gasteiger charge is 2.21. The number of para-hydroxylation sites is 1. The zero-order chi connectivity index (χ0) is 15.6. The third-order valence-corrected chi connectivity index (χ3v) is 4.44. The first-order chi connectivity index (χ1) is 11.3. The highest BCUT2D eigenvalue weighted by atomic mass is 16.5. The Hall–Kier alpha value is -2.56. The van der Waals surface area contributed by atoms with E-state index in [0.717, 1.165) is 54.1 Å². The van der Waals surface area contributed by atoms with Crippen molar-refractivity contribution in [2.75, 3.05) is 18.0 Å². The van der Waals surface area contributed by atoms with E-state index in [1.807, 2.05) is 43.5 Å². The summed E-state index contributed by atoms with van der Waals surface area (Å²) < 4.78 is 6.05. The first-order valence-corrected chi connectivity index (χ1v) is 8.07. The summed E-state index contributed by atoms with van der Waals surface area (Å²) >= 11 is 0. The van der Waals surface area contributed by atoms with Gasteiger partial charge in [0.15, 0.2) is 0 Å². The van der Waals surface area contributed by atoms with Crippen molar-refractivity contribution >= 4 is 16.7 Å². The molecule has 1 saturated heterocycles. The van der Waals surface area contributed by atoms with Crippen LogP contribution in [0.2, 0.25) is 0 Å². The van der Waals surface area contributed by atoms with Crippen molar-refractivity contribution in [3.05, 3.63) is 48.3 Å². The number of nitrogens with zero attached hydrogens (tertiary/aromatic N) is 3. The number of fused-ring (bicyclic) bond motifs is 1. The summed E-state index contributed by atoms with van der Waals surface area (Å²) in [4.78, 5) is 6.90. The molecule has 0 unspecified atom stereocenters. The van der Waals surface area contributed by atoms with E-state index in [-0.39, 0.29) is 6.10 Å². The number of ether oxygens (including phenoxy) is 1. The summed E-state index contributed by atoms with van der Waals surface area (Å²) in [7, 11) is 0. The maximum absolute atomic E-state index is 6.05. The minimum absolute atomic E-state index is 0.285. The van der Waals surface area contributed by atoms with E-state index in [4.69, 9.17) is 4.74 Å². The van der Waals surface area contributed by atoms with Crippen LogP contribution in [0, 0.1) is 6.92 Å². The predicted octanol–water partition coefficient (Wildman–Crippen LogP) is 3.31. The maximum Gasteiger partial charge on any atom is 0.129 e. The van der Waals surface area contributed by atoms with E-state index in [0.29, 0.717) is 0 Å². The number of benzene rings is 1. The fourth-order valence-corrected chi connectivity index (χ4v) is 3.10. The molecule has 0 bridgehead atoms. The lowest BCUT2D eigenvalue weighted by atomic mass is 10.1. The number of rotatable bonds is 3. The molecule has 0 saturated carbocycles. The van der Waals surface area contributed by atoms with Crippen molar-refractivity contribution in [3.63, 3.8) is 0 Å². The molecule has 1 fully saturated rings. The number of aromatic amines is 1. The van der Waals surface area contributed by atoms with Gasteiger partial charge in [-0.1, -0.05) is 18.2 Å². The molecule has 23 heavy (non-hydrogen) atoms. The topological polar surface area (TPSA) is 54.0 Å². The van der Waals surface area contributed by atoms with E-state index in [2.05, 4.69) is 26.1 Å². The number of aryl methyl sites for hydroxylation is 1. The maximum atomic E-state index is 6.05. The van der Waals surface area contributed by atoms with Gasteiger partial charge in [0.25, 0.3) is 0 Å². The van der Waals surface area contributed by atoms with E-state index in [9.17, 15) is 0 Å². The number of aromatic nitrogens is 3. The SMILES string of the molecule is Cc1n[nH]c2cnc(N3CCC(Oc4ccccc4)CC3)cc12. The monoisotopic (exact) mass is 308 g/mol. The zero-order valence-corrected chi connectivity index (χ0v) is 13.2. The van der Waals surface area contributed by atoms with E-state index >= 15 is 0 Å².